The molecule has 32 heavy (non-hydrogen) atoms. The summed E-state index contributed by atoms with van der Waals surface area (Å²) in [4.78, 5) is 36.8. The number of rotatable bonds is 7. The van der Waals surface area contributed by atoms with Crippen LogP contribution in [-0.4, -0.2) is 33.2 Å². The standard InChI is InChI=1S/C23H22FN5O3/c1-3-15-7-8-17(12-19(15)32-2)29-21(30)18-13-26-22(27-20(18)28-23(29)31)25-10-9-14-5-4-6-16(24)11-14/h4-8,11-13H,3,9-10H2,1-2H3,(H2,25,26,27,28,31). The molecule has 2 N–H and O–H groups in total. The van der Waals surface area contributed by atoms with Gasteiger partial charge in [0, 0.05) is 18.8 Å². The molecule has 0 spiro atoms. The molecule has 4 rings (SSSR count). The number of methoxy groups -OCH3 is 1. The van der Waals surface area contributed by atoms with Crippen molar-refractivity contribution >= 4 is 17.0 Å². The number of benzene rings is 2. The van der Waals surface area contributed by atoms with Crippen LogP contribution in [0.4, 0.5) is 10.3 Å². The molecule has 0 saturated heterocycles. The first-order valence-electron chi connectivity index (χ1n) is 10.2. The van der Waals surface area contributed by atoms with Gasteiger partial charge in [-0.25, -0.2) is 18.7 Å². The number of fused-ring (bicyclic) bond motifs is 1. The number of hydrogen-bond donors (Lipinski definition) is 2. The lowest BCUT2D eigenvalue weighted by Gasteiger charge is -2.11. The first-order valence-corrected chi connectivity index (χ1v) is 10.2. The minimum Gasteiger partial charge on any atom is -0.496 e. The van der Waals surface area contributed by atoms with Gasteiger partial charge in [0.1, 0.15) is 17.0 Å². The smallest absolute Gasteiger partial charge is 0.334 e. The van der Waals surface area contributed by atoms with Crippen molar-refractivity contribution in [2.75, 3.05) is 19.0 Å². The molecule has 0 bridgehead atoms. The minimum absolute atomic E-state index is 0.136. The van der Waals surface area contributed by atoms with Crippen molar-refractivity contribution in [1.82, 2.24) is 19.5 Å². The number of halogens is 1. The van der Waals surface area contributed by atoms with Gasteiger partial charge in [-0.05, 0) is 42.2 Å². The van der Waals surface area contributed by atoms with Gasteiger partial charge in [-0.2, -0.15) is 4.98 Å². The van der Waals surface area contributed by atoms with E-state index in [1.54, 1.807) is 25.3 Å². The van der Waals surface area contributed by atoms with Gasteiger partial charge < -0.3 is 10.1 Å². The molecule has 0 atom stereocenters. The topological polar surface area (TPSA) is 102 Å². The first kappa shape index (κ1) is 21.2. The zero-order chi connectivity index (χ0) is 22.7. The second kappa shape index (κ2) is 9.01. The Hall–Kier alpha value is -4.01. The van der Waals surface area contributed by atoms with E-state index < -0.39 is 11.2 Å². The fourth-order valence-electron chi connectivity index (χ4n) is 3.50. The number of nitrogens with zero attached hydrogens (tertiary/aromatic N) is 3. The van der Waals surface area contributed by atoms with Crippen LogP contribution in [0.15, 0.2) is 58.3 Å². The van der Waals surface area contributed by atoms with Crippen molar-refractivity contribution in [3.05, 3.63) is 86.4 Å². The van der Waals surface area contributed by atoms with Gasteiger partial charge in [0.2, 0.25) is 5.95 Å². The van der Waals surface area contributed by atoms with E-state index in [1.807, 2.05) is 19.1 Å². The van der Waals surface area contributed by atoms with E-state index in [2.05, 4.69) is 20.3 Å². The van der Waals surface area contributed by atoms with Crippen LogP contribution < -0.4 is 21.3 Å². The fourth-order valence-corrected chi connectivity index (χ4v) is 3.50. The van der Waals surface area contributed by atoms with E-state index in [1.165, 1.54) is 18.3 Å². The quantitative estimate of drug-likeness (QED) is 0.463. The molecule has 9 heteroatoms. The molecule has 0 saturated carbocycles. The van der Waals surface area contributed by atoms with E-state index >= 15 is 0 Å². The summed E-state index contributed by atoms with van der Waals surface area (Å²) in [6.07, 6.45) is 2.70. The zero-order valence-electron chi connectivity index (χ0n) is 17.7. The highest BCUT2D eigenvalue weighted by molar-refractivity contribution is 5.73. The number of ether oxygens (including phenoxy) is 1. The first-order chi connectivity index (χ1) is 15.5. The Morgan fingerprint density at radius 1 is 1.19 bits per heavy atom. The van der Waals surface area contributed by atoms with E-state index in [-0.39, 0.29) is 22.8 Å². The van der Waals surface area contributed by atoms with E-state index in [9.17, 15) is 14.0 Å². The van der Waals surface area contributed by atoms with Gasteiger partial charge in [0.05, 0.1) is 12.8 Å². The predicted octanol–water partition coefficient (Wildman–Crippen LogP) is 2.83. The van der Waals surface area contributed by atoms with Gasteiger partial charge in [0.15, 0.2) is 5.65 Å². The Morgan fingerprint density at radius 2 is 2.03 bits per heavy atom. The molecular weight excluding hydrogens is 413 g/mol. The summed E-state index contributed by atoms with van der Waals surface area (Å²) in [7, 11) is 1.54. The third-order valence-corrected chi connectivity index (χ3v) is 5.15. The Kier molecular flexibility index (Phi) is 5.98. The maximum Gasteiger partial charge on any atom is 0.334 e. The van der Waals surface area contributed by atoms with Gasteiger partial charge in [-0.1, -0.05) is 25.1 Å². The number of nitrogens with one attached hydrogen (secondary N) is 2. The van der Waals surface area contributed by atoms with Gasteiger partial charge in [-0.3, -0.25) is 9.78 Å². The third kappa shape index (κ3) is 4.22. The molecule has 0 aliphatic rings. The van der Waals surface area contributed by atoms with Crippen molar-refractivity contribution in [2.24, 2.45) is 0 Å². The fraction of sp³-hybridized carbons (Fsp3) is 0.217. The van der Waals surface area contributed by atoms with Crippen LogP contribution >= 0.6 is 0 Å². The van der Waals surface area contributed by atoms with Crippen molar-refractivity contribution in [3.63, 3.8) is 0 Å². The molecule has 0 aliphatic carbocycles. The van der Waals surface area contributed by atoms with Crippen LogP contribution in [-0.2, 0) is 12.8 Å². The molecule has 0 fully saturated rings. The summed E-state index contributed by atoms with van der Waals surface area (Å²) in [6.45, 7) is 2.45. The SMILES string of the molecule is CCc1ccc(-n2c(=O)[nH]c3nc(NCCc4cccc(F)c4)ncc3c2=O)cc1OC. The van der Waals surface area contributed by atoms with E-state index in [4.69, 9.17) is 4.74 Å². The van der Waals surface area contributed by atoms with Crippen LogP contribution in [0.5, 0.6) is 5.75 Å². The number of aryl methyl sites for hydroxylation is 1. The van der Waals surface area contributed by atoms with Gasteiger partial charge in [0.25, 0.3) is 5.56 Å². The number of hydrogen-bond acceptors (Lipinski definition) is 6. The Morgan fingerprint density at radius 3 is 2.78 bits per heavy atom. The Balaban J connectivity index is 1.62. The molecule has 164 valence electrons. The molecule has 2 heterocycles. The molecule has 0 unspecified atom stereocenters. The summed E-state index contributed by atoms with van der Waals surface area (Å²) in [5, 5.41) is 3.21. The monoisotopic (exact) mass is 435 g/mol. The zero-order valence-corrected chi connectivity index (χ0v) is 17.7. The molecule has 0 amide bonds. The summed E-state index contributed by atoms with van der Waals surface area (Å²) >= 11 is 0. The van der Waals surface area contributed by atoms with Crippen molar-refractivity contribution < 1.29 is 9.13 Å². The Labute approximate surface area is 182 Å². The highest BCUT2D eigenvalue weighted by Gasteiger charge is 2.13. The lowest BCUT2D eigenvalue weighted by Crippen LogP contribution is -2.34. The molecule has 2 aromatic carbocycles. The van der Waals surface area contributed by atoms with Crippen molar-refractivity contribution in [2.45, 2.75) is 19.8 Å². The molecule has 4 aromatic rings. The lowest BCUT2D eigenvalue weighted by molar-refractivity contribution is 0.410. The maximum absolute atomic E-state index is 13.3. The van der Waals surface area contributed by atoms with Gasteiger partial charge >= 0.3 is 5.69 Å². The minimum atomic E-state index is -0.613. The number of aromatic amines is 1. The van der Waals surface area contributed by atoms with Crippen LogP contribution in [0, 0.1) is 5.82 Å². The molecule has 0 radical (unpaired) electrons. The number of H-pyrrole nitrogens is 1. The van der Waals surface area contributed by atoms with Crippen LogP contribution in [0.1, 0.15) is 18.1 Å². The second-order valence-corrected chi connectivity index (χ2v) is 7.18. The highest BCUT2D eigenvalue weighted by Crippen LogP contribution is 2.22. The summed E-state index contributed by atoms with van der Waals surface area (Å²) in [5.74, 6) is 0.571. The third-order valence-electron chi connectivity index (χ3n) is 5.15. The Bertz CT molecular complexity index is 1400. The molecule has 2 aromatic heterocycles. The average molecular weight is 435 g/mol. The van der Waals surface area contributed by atoms with E-state index in [0.29, 0.717) is 24.4 Å². The molecule has 8 nitrogen and oxygen atoms in total. The largest absolute Gasteiger partial charge is 0.496 e. The summed E-state index contributed by atoms with van der Waals surface area (Å²) < 4.78 is 19.7. The highest BCUT2D eigenvalue weighted by atomic mass is 19.1. The van der Waals surface area contributed by atoms with Crippen molar-refractivity contribution in [3.8, 4) is 11.4 Å². The van der Waals surface area contributed by atoms with Crippen LogP contribution in [0.25, 0.3) is 16.7 Å². The van der Waals surface area contributed by atoms with Crippen molar-refractivity contribution in [1.29, 1.82) is 0 Å². The maximum atomic E-state index is 13.3. The normalized spacial score (nSPS) is 11.0. The lowest BCUT2D eigenvalue weighted by atomic mass is 10.1. The predicted molar refractivity (Wildman–Crippen MR) is 120 cm³/mol. The molecular formula is C23H22FN5O3. The number of anilines is 1. The van der Waals surface area contributed by atoms with Crippen LogP contribution in [0.2, 0.25) is 0 Å². The second-order valence-electron chi connectivity index (χ2n) is 7.18. The van der Waals surface area contributed by atoms with E-state index in [0.717, 1.165) is 22.1 Å². The van der Waals surface area contributed by atoms with Gasteiger partial charge in [-0.15, -0.1) is 0 Å². The molecule has 0 aliphatic heterocycles. The summed E-state index contributed by atoms with van der Waals surface area (Å²) in [6, 6.07) is 11.5. The average Bonchev–Trinajstić information content (AvgIpc) is 2.79. The van der Waals surface area contributed by atoms with Crippen LogP contribution in [0.3, 0.4) is 0 Å². The summed E-state index contributed by atoms with van der Waals surface area (Å²) in [5.41, 5.74) is 1.19. The number of aromatic nitrogens is 4.